The highest BCUT2D eigenvalue weighted by atomic mass is 16.5. The summed E-state index contributed by atoms with van der Waals surface area (Å²) in [6.07, 6.45) is 2.86. The van der Waals surface area contributed by atoms with E-state index in [0.29, 0.717) is 30.9 Å². The molecule has 7 nitrogen and oxygen atoms in total. The number of benzene rings is 2. The summed E-state index contributed by atoms with van der Waals surface area (Å²) in [6.45, 7) is 7.19. The van der Waals surface area contributed by atoms with Gasteiger partial charge in [-0.1, -0.05) is 12.1 Å². The maximum Gasteiger partial charge on any atom is 0.331 e. The summed E-state index contributed by atoms with van der Waals surface area (Å²) in [5.74, 6) is -0.393. The van der Waals surface area contributed by atoms with Crippen molar-refractivity contribution in [3.05, 3.63) is 65.7 Å². The average molecular weight is 424 g/mol. The molecule has 0 aliphatic rings. The van der Waals surface area contributed by atoms with Crippen LogP contribution in [0.4, 0.5) is 5.69 Å². The fourth-order valence-corrected chi connectivity index (χ4v) is 2.78. The number of esters is 1. The van der Waals surface area contributed by atoms with Gasteiger partial charge in [0.15, 0.2) is 6.61 Å². The van der Waals surface area contributed by atoms with E-state index in [1.807, 2.05) is 45.0 Å². The lowest BCUT2D eigenvalue weighted by Gasteiger charge is -2.18. The third-order valence-corrected chi connectivity index (χ3v) is 4.41. The average Bonchev–Trinajstić information content (AvgIpc) is 2.78. The lowest BCUT2D eigenvalue weighted by atomic mass is 10.2. The number of amides is 2. The molecule has 0 saturated heterocycles. The van der Waals surface area contributed by atoms with E-state index in [9.17, 15) is 14.4 Å². The molecule has 0 spiro atoms. The summed E-state index contributed by atoms with van der Waals surface area (Å²) in [6, 6.07) is 13.8. The van der Waals surface area contributed by atoms with Crippen molar-refractivity contribution in [3.8, 4) is 5.75 Å². The first kappa shape index (κ1) is 23.7. The molecule has 0 aromatic heterocycles. The number of rotatable bonds is 10. The van der Waals surface area contributed by atoms with Crippen LogP contribution in [0.15, 0.2) is 54.6 Å². The van der Waals surface area contributed by atoms with Crippen LogP contribution in [0.5, 0.6) is 5.75 Å². The molecule has 31 heavy (non-hydrogen) atoms. The van der Waals surface area contributed by atoms with E-state index in [0.717, 1.165) is 11.3 Å². The van der Waals surface area contributed by atoms with Crippen LogP contribution in [-0.2, 0) is 14.3 Å². The van der Waals surface area contributed by atoms with Gasteiger partial charge < -0.3 is 19.7 Å². The highest BCUT2D eigenvalue weighted by molar-refractivity contribution is 5.97. The number of carbonyl (C=O) groups is 3. The number of carbonyl (C=O) groups excluding carboxylic acids is 3. The third-order valence-electron chi connectivity index (χ3n) is 4.41. The highest BCUT2D eigenvalue weighted by Gasteiger charge is 2.12. The number of hydrogen-bond donors (Lipinski definition) is 1. The second-order valence-corrected chi connectivity index (χ2v) is 6.55. The highest BCUT2D eigenvalue weighted by Crippen LogP contribution is 2.13. The lowest BCUT2D eigenvalue weighted by Crippen LogP contribution is -2.30. The molecule has 0 aliphatic heterocycles. The van der Waals surface area contributed by atoms with Crippen LogP contribution in [-0.4, -0.2) is 49.0 Å². The molecule has 2 rings (SSSR count). The molecule has 0 atom stereocenters. The Morgan fingerprint density at radius 3 is 2.16 bits per heavy atom. The van der Waals surface area contributed by atoms with Crippen LogP contribution in [0.25, 0.3) is 6.08 Å². The first-order chi connectivity index (χ1) is 15.0. The fraction of sp³-hybridized carbons (Fsp3) is 0.292. The Morgan fingerprint density at radius 2 is 1.58 bits per heavy atom. The molecule has 0 radical (unpaired) electrons. The molecule has 0 heterocycles. The SMILES string of the molecule is CCOc1ccc(/C=C/C(=O)OCC(=O)Nc2ccc(C(=O)N(CC)CC)cc2)cc1. The molecule has 0 saturated carbocycles. The smallest absolute Gasteiger partial charge is 0.331 e. The monoisotopic (exact) mass is 424 g/mol. The second-order valence-electron chi connectivity index (χ2n) is 6.55. The molecular weight excluding hydrogens is 396 g/mol. The van der Waals surface area contributed by atoms with Crippen LogP contribution in [0.2, 0.25) is 0 Å². The molecule has 7 heteroatoms. The Kier molecular flexibility index (Phi) is 9.29. The Labute approximate surface area is 182 Å². The van der Waals surface area contributed by atoms with E-state index < -0.39 is 18.5 Å². The van der Waals surface area contributed by atoms with Crippen molar-refractivity contribution in [2.45, 2.75) is 20.8 Å². The summed E-state index contributed by atoms with van der Waals surface area (Å²) in [4.78, 5) is 37.8. The molecule has 0 unspecified atom stereocenters. The molecule has 164 valence electrons. The van der Waals surface area contributed by atoms with E-state index in [1.54, 1.807) is 35.2 Å². The summed E-state index contributed by atoms with van der Waals surface area (Å²) in [5.41, 5.74) is 1.87. The van der Waals surface area contributed by atoms with Crippen LogP contribution in [0, 0.1) is 0 Å². The van der Waals surface area contributed by atoms with Crippen molar-refractivity contribution >= 4 is 29.5 Å². The first-order valence-corrected chi connectivity index (χ1v) is 10.2. The van der Waals surface area contributed by atoms with Crippen LogP contribution < -0.4 is 10.1 Å². The standard InChI is InChI=1S/C24H28N2O5/c1-4-26(5-2)24(29)19-10-12-20(13-11-19)25-22(27)17-31-23(28)16-9-18-7-14-21(15-8-18)30-6-3/h7-16H,4-6,17H2,1-3H3,(H,25,27)/b16-9+. The van der Waals surface area contributed by atoms with Gasteiger partial charge in [0.05, 0.1) is 6.61 Å². The third kappa shape index (κ3) is 7.62. The van der Waals surface area contributed by atoms with Gasteiger partial charge in [0.1, 0.15) is 5.75 Å². The fourth-order valence-electron chi connectivity index (χ4n) is 2.78. The van der Waals surface area contributed by atoms with Gasteiger partial charge >= 0.3 is 5.97 Å². The molecule has 2 aromatic carbocycles. The van der Waals surface area contributed by atoms with Gasteiger partial charge in [0.2, 0.25) is 0 Å². The summed E-state index contributed by atoms with van der Waals surface area (Å²) < 4.78 is 10.3. The number of nitrogens with one attached hydrogen (secondary N) is 1. The zero-order chi connectivity index (χ0) is 22.6. The zero-order valence-electron chi connectivity index (χ0n) is 18.1. The van der Waals surface area contributed by atoms with Crippen molar-refractivity contribution < 1.29 is 23.9 Å². The number of anilines is 1. The second kappa shape index (κ2) is 12.2. The quantitative estimate of drug-likeness (QED) is 0.464. The predicted octanol–water partition coefficient (Wildman–Crippen LogP) is 3.76. The lowest BCUT2D eigenvalue weighted by molar-refractivity contribution is -0.142. The van der Waals surface area contributed by atoms with Crippen LogP contribution in [0.1, 0.15) is 36.7 Å². The van der Waals surface area contributed by atoms with Crippen molar-refractivity contribution in [3.63, 3.8) is 0 Å². The number of nitrogens with zero attached hydrogens (tertiary/aromatic N) is 1. The summed E-state index contributed by atoms with van der Waals surface area (Å²) >= 11 is 0. The molecule has 0 fully saturated rings. The molecule has 0 aliphatic carbocycles. The van der Waals surface area contributed by atoms with E-state index in [1.165, 1.54) is 6.08 Å². The Hall–Kier alpha value is -3.61. The van der Waals surface area contributed by atoms with Crippen molar-refractivity contribution in [1.29, 1.82) is 0 Å². The molecule has 0 bridgehead atoms. The maximum atomic E-state index is 12.3. The Morgan fingerprint density at radius 1 is 0.935 bits per heavy atom. The maximum absolute atomic E-state index is 12.3. The Balaban J connectivity index is 1.80. The van der Waals surface area contributed by atoms with E-state index in [-0.39, 0.29) is 5.91 Å². The summed E-state index contributed by atoms with van der Waals surface area (Å²) in [7, 11) is 0. The topological polar surface area (TPSA) is 84.9 Å². The normalized spacial score (nSPS) is 10.5. The van der Waals surface area contributed by atoms with Crippen LogP contribution >= 0.6 is 0 Å². The predicted molar refractivity (Wildman–Crippen MR) is 120 cm³/mol. The minimum atomic E-state index is -0.621. The molecule has 2 amide bonds. The molecular formula is C24H28N2O5. The minimum absolute atomic E-state index is 0.0591. The Bertz CT molecular complexity index is 901. The van der Waals surface area contributed by atoms with Gasteiger partial charge in [-0.25, -0.2) is 4.79 Å². The van der Waals surface area contributed by atoms with E-state index >= 15 is 0 Å². The van der Waals surface area contributed by atoms with Gasteiger partial charge in [0.25, 0.3) is 11.8 Å². The largest absolute Gasteiger partial charge is 0.494 e. The van der Waals surface area contributed by atoms with Gasteiger partial charge in [-0.3, -0.25) is 9.59 Å². The van der Waals surface area contributed by atoms with Crippen molar-refractivity contribution in [1.82, 2.24) is 4.90 Å². The van der Waals surface area contributed by atoms with Gasteiger partial charge in [-0.05, 0) is 68.8 Å². The van der Waals surface area contributed by atoms with E-state index in [2.05, 4.69) is 5.32 Å². The van der Waals surface area contributed by atoms with Gasteiger partial charge in [-0.2, -0.15) is 0 Å². The zero-order valence-corrected chi connectivity index (χ0v) is 18.1. The van der Waals surface area contributed by atoms with Gasteiger partial charge in [0, 0.05) is 30.4 Å². The number of hydrogen-bond acceptors (Lipinski definition) is 5. The molecule has 2 aromatic rings. The summed E-state index contributed by atoms with van der Waals surface area (Å²) in [5, 5.41) is 2.63. The van der Waals surface area contributed by atoms with Gasteiger partial charge in [-0.15, -0.1) is 0 Å². The number of ether oxygens (including phenoxy) is 2. The van der Waals surface area contributed by atoms with Crippen molar-refractivity contribution in [2.75, 3.05) is 31.6 Å². The van der Waals surface area contributed by atoms with E-state index in [4.69, 9.17) is 9.47 Å². The van der Waals surface area contributed by atoms with Crippen LogP contribution in [0.3, 0.4) is 0 Å². The first-order valence-electron chi connectivity index (χ1n) is 10.2. The van der Waals surface area contributed by atoms with Crippen molar-refractivity contribution in [2.24, 2.45) is 0 Å². The minimum Gasteiger partial charge on any atom is -0.494 e. The molecule has 1 N–H and O–H groups in total.